The second-order valence-corrected chi connectivity index (χ2v) is 5.66. The van der Waals surface area contributed by atoms with Crippen molar-refractivity contribution >= 4 is 5.91 Å². The largest absolute Gasteiger partial charge is 0.393 e. The lowest BCUT2D eigenvalue weighted by atomic mass is 10.00. The topological polar surface area (TPSA) is 73.4 Å². The highest BCUT2D eigenvalue weighted by Gasteiger charge is 2.43. The van der Waals surface area contributed by atoms with Gasteiger partial charge in [0.25, 0.3) is 11.5 Å². The monoisotopic (exact) mass is 262 g/mol. The molecule has 2 heterocycles. The number of nitrogens with zero attached hydrogens (tertiary/aromatic N) is 1. The molecule has 2 aliphatic rings. The highest BCUT2D eigenvalue weighted by Crippen LogP contribution is 2.38. The number of carbonyl (C=O) groups excluding carboxylic acids is 1. The molecule has 5 heteroatoms. The van der Waals surface area contributed by atoms with Crippen LogP contribution in [0.3, 0.4) is 0 Å². The summed E-state index contributed by atoms with van der Waals surface area (Å²) < 4.78 is 0. The summed E-state index contributed by atoms with van der Waals surface area (Å²) in [5, 5.41) is 9.85. The number of hydrogen-bond donors (Lipinski definition) is 2. The van der Waals surface area contributed by atoms with Gasteiger partial charge in [0.15, 0.2) is 0 Å². The normalized spacial score (nSPS) is 29.6. The zero-order valence-corrected chi connectivity index (χ0v) is 10.9. The van der Waals surface area contributed by atoms with Gasteiger partial charge in [-0.3, -0.25) is 9.59 Å². The lowest BCUT2D eigenvalue weighted by Gasteiger charge is -2.18. The van der Waals surface area contributed by atoms with Crippen LogP contribution in [0, 0.1) is 18.8 Å². The average Bonchev–Trinajstić information content (AvgIpc) is 2.91. The summed E-state index contributed by atoms with van der Waals surface area (Å²) in [5.41, 5.74) is 0.609. The number of H-pyrrole nitrogens is 1. The van der Waals surface area contributed by atoms with Crippen molar-refractivity contribution in [2.75, 3.05) is 13.1 Å². The van der Waals surface area contributed by atoms with E-state index in [2.05, 4.69) is 4.98 Å². The van der Waals surface area contributed by atoms with E-state index in [1.54, 1.807) is 24.0 Å². The minimum Gasteiger partial charge on any atom is -0.393 e. The summed E-state index contributed by atoms with van der Waals surface area (Å²) in [5.74, 6) is 0.361. The van der Waals surface area contributed by atoms with Crippen molar-refractivity contribution in [3.05, 3.63) is 33.7 Å². The Labute approximate surface area is 111 Å². The van der Waals surface area contributed by atoms with E-state index in [1.165, 1.54) is 0 Å². The number of carbonyl (C=O) groups is 1. The van der Waals surface area contributed by atoms with Gasteiger partial charge in [-0.1, -0.05) is 0 Å². The van der Waals surface area contributed by atoms with E-state index in [4.69, 9.17) is 0 Å². The van der Waals surface area contributed by atoms with Crippen LogP contribution in [0.1, 0.15) is 28.9 Å². The minimum absolute atomic E-state index is 0.188. The van der Waals surface area contributed by atoms with Gasteiger partial charge in [-0.15, -0.1) is 0 Å². The molecular formula is C14H18N2O3. The first-order valence-corrected chi connectivity index (χ1v) is 6.73. The molecule has 1 aromatic heterocycles. The first-order valence-electron chi connectivity index (χ1n) is 6.73. The molecule has 3 rings (SSSR count). The summed E-state index contributed by atoms with van der Waals surface area (Å²) in [6.45, 7) is 3.01. The van der Waals surface area contributed by atoms with E-state index in [1.807, 2.05) is 0 Å². The van der Waals surface area contributed by atoms with Crippen LogP contribution in [0.2, 0.25) is 0 Å². The predicted molar refractivity (Wildman–Crippen MR) is 69.9 cm³/mol. The second kappa shape index (κ2) is 4.49. The van der Waals surface area contributed by atoms with Gasteiger partial charge in [0.05, 0.1) is 6.10 Å². The van der Waals surface area contributed by atoms with Crippen molar-refractivity contribution in [3.8, 4) is 0 Å². The third kappa shape index (κ3) is 2.08. The number of aryl methyl sites for hydroxylation is 1. The Hall–Kier alpha value is -1.62. The molecule has 2 N–H and O–H groups in total. The van der Waals surface area contributed by atoms with Gasteiger partial charge in [-0.2, -0.15) is 0 Å². The fraction of sp³-hybridized carbons (Fsp3) is 0.571. The number of aromatic amines is 1. The van der Waals surface area contributed by atoms with Crippen LogP contribution in [-0.2, 0) is 0 Å². The number of aliphatic hydroxyl groups excluding tert-OH is 1. The molecule has 0 spiro atoms. The molecule has 0 aromatic carbocycles. The molecule has 1 amide bonds. The molecule has 0 bridgehead atoms. The third-order valence-corrected chi connectivity index (χ3v) is 4.39. The lowest BCUT2D eigenvalue weighted by molar-refractivity contribution is 0.0750. The second-order valence-electron chi connectivity index (χ2n) is 5.66. The first-order chi connectivity index (χ1) is 9.06. The van der Waals surface area contributed by atoms with Crippen molar-refractivity contribution in [1.82, 2.24) is 9.88 Å². The standard InChI is InChI=1S/C14H18N2O3/c1-8-2-4-10(13(18)15-8)14(19)16-6-9-3-5-12(17)11(9)7-16/h2,4,9,11-12,17H,3,5-7H2,1H3,(H,15,18). The van der Waals surface area contributed by atoms with Gasteiger partial charge in [-0.05, 0) is 37.8 Å². The summed E-state index contributed by atoms with van der Waals surface area (Å²) in [6.07, 6.45) is 1.52. The van der Waals surface area contributed by atoms with Gasteiger partial charge < -0.3 is 15.0 Å². The molecule has 3 unspecified atom stereocenters. The molecule has 2 fully saturated rings. The molecule has 5 nitrogen and oxygen atoms in total. The number of rotatable bonds is 1. The molecule has 102 valence electrons. The van der Waals surface area contributed by atoms with Crippen molar-refractivity contribution in [2.45, 2.75) is 25.9 Å². The van der Waals surface area contributed by atoms with Crippen molar-refractivity contribution in [3.63, 3.8) is 0 Å². The number of nitrogens with one attached hydrogen (secondary N) is 1. The van der Waals surface area contributed by atoms with Crippen LogP contribution in [-0.4, -0.2) is 40.1 Å². The molecule has 1 aliphatic heterocycles. The highest BCUT2D eigenvalue weighted by atomic mass is 16.3. The van der Waals surface area contributed by atoms with Gasteiger partial charge in [0, 0.05) is 24.7 Å². The van der Waals surface area contributed by atoms with Gasteiger partial charge in [-0.25, -0.2) is 0 Å². The maximum Gasteiger partial charge on any atom is 0.260 e. The van der Waals surface area contributed by atoms with Crippen LogP contribution in [0.25, 0.3) is 0 Å². The Morgan fingerprint density at radius 1 is 1.37 bits per heavy atom. The molecule has 19 heavy (non-hydrogen) atoms. The Morgan fingerprint density at radius 2 is 2.16 bits per heavy atom. The maximum atomic E-state index is 12.3. The lowest BCUT2D eigenvalue weighted by Crippen LogP contribution is -2.34. The average molecular weight is 262 g/mol. The number of fused-ring (bicyclic) bond motifs is 1. The molecular weight excluding hydrogens is 244 g/mol. The van der Waals surface area contributed by atoms with E-state index >= 15 is 0 Å². The Balaban J connectivity index is 1.80. The molecule has 1 saturated carbocycles. The van der Waals surface area contributed by atoms with E-state index in [0.717, 1.165) is 18.5 Å². The summed E-state index contributed by atoms with van der Waals surface area (Å²) in [7, 11) is 0. The predicted octanol–water partition coefficient (Wildman–Crippen LogP) is 0.526. The van der Waals surface area contributed by atoms with Crippen molar-refractivity contribution in [2.24, 2.45) is 11.8 Å². The SMILES string of the molecule is Cc1ccc(C(=O)N2CC3CCC(O)C3C2)c(=O)[nH]1. The third-order valence-electron chi connectivity index (χ3n) is 4.39. The van der Waals surface area contributed by atoms with E-state index in [-0.39, 0.29) is 29.1 Å². The van der Waals surface area contributed by atoms with Gasteiger partial charge >= 0.3 is 0 Å². The van der Waals surface area contributed by atoms with Crippen LogP contribution in [0.4, 0.5) is 0 Å². The summed E-state index contributed by atoms with van der Waals surface area (Å²) in [4.78, 5) is 28.5. The fourth-order valence-electron chi connectivity index (χ4n) is 3.31. The zero-order chi connectivity index (χ0) is 13.6. The first kappa shape index (κ1) is 12.4. The number of aromatic nitrogens is 1. The van der Waals surface area contributed by atoms with Gasteiger partial charge in [0.2, 0.25) is 0 Å². The maximum absolute atomic E-state index is 12.3. The van der Waals surface area contributed by atoms with Gasteiger partial charge in [0.1, 0.15) is 5.56 Å². The molecule has 1 aromatic rings. The number of hydrogen-bond acceptors (Lipinski definition) is 3. The Morgan fingerprint density at radius 3 is 2.84 bits per heavy atom. The molecule has 1 aliphatic carbocycles. The van der Waals surface area contributed by atoms with Crippen molar-refractivity contribution in [1.29, 1.82) is 0 Å². The number of aliphatic hydroxyl groups is 1. The van der Waals surface area contributed by atoms with Crippen LogP contribution >= 0.6 is 0 Å². The van der Waals surface area contributed by atoms with E-state index in [0.29, 0.717) is 19.0 Å². The fourth-order valence-corrected chi connectivity index (χ4v) is 3.31. The Bertz CT molecular complexity index is 566. The number of amides is 1. The van der Waals surface area contributed by atoms with E-state index < -0.39 is 0 Å². The smallest absolute Gasteiger partial charge is 0.260 e. The van der Waals surface area contributed by atoms with Crippen LogP contribution in [0.5, 0.6) is 0 Å². The molecule has 3 atom stereocenters. The summed E-state index contributed by atoms with van der Waals surface area (Å²) >= 11 is 0. The molecule has 1 saturated heterocycles. The Kier molecular flexibility index (Phi) is 2.93. The highest BCUT2D eigenvalue weighted by molar-refractivity contribution is 5.94. The number of pyridine rings is 1. The van der Waals surface area contributed by atoms with Crippen LogP contribution in [0.15, 0.2) is 16.9 Å². The van der Waals surface area contributed by atoms with Crippen molar-refractivity contribution < 1.29 is 9.90 Å². The quantitative estimate of drug-likeness (QED) is 0.775. The van der Waals surface area contributed by atoms with Crippen LogP contribution < -0.4 is 5.56 Å². The zero-order valence-electron chi connectivity index (χ0n) is 10.9. The van der Waals surface area contributed by atoms with E-state index in [9.17, 15) is 14.7 Å². The minimum atomic E-state index is -0.331. The summed E-state index contributed by atoms with van der Waals surface area (Å²) in [6, 6.07) is 3.32. The molecule has 0 radical (unpaired) electrons. The number of likely N-dealkylation sites (tertiary alicyclic amines) is 1.